The Labute approximate surface area is 200 Å². The van der Waals surface area contributed by atoms with Crippen molar-refractivity contribution >= 4 is 27.3 Å². The van der Waals surface area contributed by atoms with Gasteiger partial charge in [-0.25, -0.2) is 8.42 Å². The van der Waals surface area contributed by atoms with Gasteiger partial charge >= 0.3 is 0 Å². The van der Waals surface area contributed by atoms with Gasteiger partial charge in [0, 0.05) is 50.2 Å². The van der Waals surface area contributed by atoms with Crippen molar-refractivity contribution in [3.05, 3.63) is 78.1 Å². The topological polar surface area (TPSA) is 94.9 Å². The summed E-state index contributed by atoms with van der Waals surface area (Å²) in [6.45, 7) is 0.934. The van der Waals surface area contributed by atoms with Crippen molar-refractivity contribution in [2.75, 3.05) is 37.4 Å². The summed E-state index contributed by atoms with van der Waals surface area (Å²) in [4.78, 5) is 14.2. The molecule has 0 radical (unpaired) electrons. The molecule has 34 heavy (non-hydrogen) atoms. The minimum atomic E-state index is -3.73. The van der Waals surface area contributed by atoms with Crippen LogP contribution in [0.5, 0.6) is 0 Å². The maximum atomic E-state index is 13.1. The average Bonchev–Trinajstić information content (AvgIpc) is 3.34. The van der Waals surface area contributed by atoms with Gasteiger partial charge in [0.1, 0.15) is 5.76 Å². The van der Waals surface area contributed by atoms with Crippen LogP contribution in [-0.2, 0) is 16.6 Å². The average molecular weight is 483 g/mol. The highest BCUT2D eigenvalue weighted by molar-refractivity contribution is 7.89. The fraction of sp³-hybridized carbons (Fsp3) is 0.320. The van der Waals surface area contributed by atoms with E-state index in [-0.39, 0.29) is 23.6 Å². The number of furan rings is 1. The molecule has 180 valence electrons. The predicted octanol–water partition coefficient (Wildman–Crippen LogP) is 3.54. The summed E-state index contributed by atoms with van der Waals surface area (Å²) in [6, 6.07) is 20.2. The van der Waals surface area contributed by atoms with Crippen LogP contribution in [0, 0.1) is 0 Å². The van der Waals surface area contributed by atoms with Crippen LogP contribution in [-0.4, -0.2) is 51.9 Å². The highest BCUT2D eigenvalue weighted by Crippen LogP contribution is 2.25. The number of nitrogens with one attached hydrogen (secondary N) is 2. The molecule has 2 N–H and O–H groups in total. The number of hydrogen-bond acceptors (Lipinski definition) is 6. The van der Waals surface area contributed by atoms with Crippen LogP contribution in [0.25, 0.3) is 0 Å². The van der Waals surface area contributed by atoms with Crippen LogP contribution in [0.2, 0.25) is 0 Å². The highest BCUT2D eigenvalue weighted by Gasteiger charge is 2.31. The Morgan fingerprint density at radius 2 is 1.76 bits per heavy atom. The van der Waals surface area contributed by atoms with Gasteiger partial charge in [0.2, 0.25) is 5.09 Å². The van der Waals surface area contributed by atoms with Crippen molar-refractivity contribution in [2.24, 2.45) is 0 Å². The summed E-state index contributed by atoms with van der Waals surface area (Å²) < 4.78 is 33.2. The van der Waals surface area contributed by atoms with Gasteiger partial charge in [-0.15, -0.1) is 0 Å². The lowest BCUT2D eigenvalue weighted by atomic mass is 10.1. The van der Waals surface area contributed by atoms with E-state index >= 15 is 0 Å². The van der Waals surface area contributed by atoms with Crippen LogP contribution in [0.15, 0.2) is 76.2 Å². The molecule has 1 fully saturated rings. The zero-order valence-corrected chi connectivity index (χ0v) is 20.2. The Morgan fingerprint density at radius 1 is 1.03 bits per heavy atom. The van der Waals surface area contributed by atoms with E-state index in [4.69, 9.17) is 4.42 Å². The van der Waals surface area contributed by atoms with Gasteiger partial charge < -0.3 is 20.0 Å². The molecular formula is C25H30N4O4S. The number of benzene rings is 2. The largest absolute Gasteiger partial charge is 0.446 e. The van der Waals surface area contributed by atoms with Crippen molar-refractivity contribution in [2.45, 2.75) is 30.5 Å². The molecule has 0 saturated carbocycles. The zero-order valence-electron chi connectivity index (χ0n) is 19.4. The number of anilines is 2. The molecule has 0 spiro atoms. The molecule has 1 saturated heterocycles. The highest BCUT2D eigenvalue weighted by atomic mass is 32.2. The van der Waals surface area contributed by atoms with E-state index in [9.17, 15) is 13.2 Å². The fourth-order valence-corrected chi connectivity index (χ4v) is 5.33. The SMILES string of the molecule is CN(C)c1cccc(NC2CCN(S(=O)(=O)c3ccc(CNC(=O)c4ccccc4)o3)CC2)c1. The lowest BCUT2D eigenvalue weighted by molar-refractivity contribution is 0.0947. The van der Waals surface area contributed by atoms with E-state index in [1.165, 1.54) is 10.4 Å². The van der Waals surface area contributed by atoms with Gasteiger partial charge in [0.05, 0.1) is 6.54 Å². The third-order valence-corrected chi connectivity index (χ3v) is 7.65. The first-order valence-electron chi connectivity index (χ1n) is 11.3. The molecule has 0 bridgehead atoms. The van der Waals surface area contributed by atoms with Gasteiger partial charge in [0.15, 0.2) is 0 Å². The van der Waals surface area contributed by atoms with E-state index in [0.717, 1.165) is 11.4 Å². The van der Waals surface area contributed by atoms with E-state index in [1.54, 1.807) is 30.3 Å². The van der Waals surface area contributed by atoms with Crippen molar-refractivity contribution < 1.29 is 17.6 Å². The predicted molar refractivity (Wildman–Crippen MR) is 132 cm³/mol. The first-order chi connectivity index (χ1) is 16.3. The van der Waals surface area contributed by atoms with E-state index in [2.05, 4.69) is 16.7 Å². The number of sulfonamides is 1. The van der Waals surface area contributed by atoms with Crippen molar-refractivity contribution in [3.8, 4) is 0 Å². The second kappa shape index (κ2) is 10.3. The molecule has 0 atom stereocenters. The van der Waals surface area contributed by atoms with Gasteiger partial charge in [-0.3, -0.25) is 4.79 Å². The summed E-state index contributed by atoms with van der Waals surface area (Å²) in [7, 11) is 0.273. The lowest BCUT2D eigenvalue weighted by Crippen LogP contribution is -2.42. The normalized spacial score (nSPS) is 15.1. The quantitative estimate of drug-likeness (QED) is 0.510. The molecule has 1 aromatic heterocycles. The zero-order chi connectivity index (χ0) is 24.1. The minimum absolute atomic E-state index is 0.0958. The standard InChI is InChI=1S/C25H30N4O4S/c1-28(2)22-10-6-9-21(17-22)27-20-13-15-29(16-14-20)34(31,32)24-12-11-23(33-24)18-26-25(30)19-7-4-3-5-8-19/h3-12,17,20,27H,13-16,18H2,1-2H3,(H,26,30). The van der Waals surface area contributed by atoms with Gasteiger partial charge in [0.25, 0.3) is 15.9 Å². The Hall–Kier alpha value is -3.30. The van der Waals surface area contributed by atoms with Crippen LogP contribution < -0.4 is 15.5 Å². The summed E-state index contributed by atoms with van der Waals surface area (Å²) in [5.74, 6) is 0.146. The van der Waals surface area contributed by atoms with Crippen LogP contribution in [0.1, 0.15) is 29.0 Å². The number of piperidine rings is 1. The molecule has 1 amide bonds. The number of rotatable bonds is 8. The van der Waals surface area contributed by atoms with Crippen LogP contribution in [0.3, 0.4) is 0 Å². The van der Waals surface area contributed by atoms with E-state index in [1.807, 2.05) is 43.3 Å². The maximum Gasteiger partial charge on any atom is 0.276 e. The number of carbonyl (C=O) groups excluding carboxylic acids is 1. The second-order valence-corrected chi connectivity index (χ2v) is 10.4. The summed E-state index contributed by atoms with van der Waals surface area (Å²) >= 11 is 0. The second-order valence-electron chi connectivity index (χ2n) is 8.54. The monoisotopic (exact) mass is 482 g/mol. The van der Waals surface area contributed by atoms with E-state index < -0.39 is 10.0 Å². The molecule has 1 aliphatic heterocycles. The van der Waals surface area contributed by atoms with E-state index in [0.29, 0.717) is 37.3 Å². The molecule has 0 aliphatic carbocycles. The molecule has 3 aromatic rings. The number of hydrogen-bond donors (Lipinski definition) is 2. The molecule has 2 aromatic carbocycles. The molecule has 4 rings (SSSR count). The Kier molecular flexibility index (Phi) is 7.23. The van der Waals surface area contributed by atoms with Crippen molar-refractivity contribution in [3.63, 3.8) is 0 Å². The van der Waals surface area contributed by atoms with Crippen LogP contribution in [0.4, 0.5) is 11.4 Å². The summed E-state index contributed by atoms with van der Waals surface area (Å²) in [5, 5.41) is 6.17. The van der Waals surface area contributed by atoms with Gasteiger partial charge in [-0.05, 0) is 55.3 Å². The third kappa shape index (κ3) is 5.60. The first-order valence-corrected chi connectivity index (χ1v) is 12.7. The Bertz CT molecular complexity index is 1220. The molecule has 9 heteroatoms. The maximum absolute atomic E-state index is 13.1. The number of nitrogens with zero attached hydrogens (tertiary/aromatic N) is 2. The molecule has 8 nitrogen and oxygen atoms in total. The molecular weight excluding hydrogens is 452 g/mol. The number of amides is 1. The fourth-order valence-electron chi connectivity index (χ4n) is 3.93. The van der Waals surface area contributed by atoms with Gasteiger partial charge in [-0.2, -0.15) is 4.31 Å². The van der Waals surface area contributed by atoms with Crippen molar-refractivity contribution in [1.29, 1.82) is 0 Å². The molecule has 0 unspecified atom stereocenters. The first kappa shape index (κ1) is 23.8. The molecule has 1 aliphatic rings. The Morgan fingerprint density at radius 3 is 2.47 bits per heavy atom. The van der Waals surface area contributed by atoms with Gasteiger partial charge in [-0.1, -0.05) is 24.3 Å². The number of carbonyl (C=O) groups is 1. The summed E-state index contributed by atoms with van der Waals surface area (Å²) in [6.07, 6.45) is 1.40. The Balaban J connectivity index is 1.31. The summed E-state index contributed by atoms with van der Waals surface area (Å²) in [5.41, 5.74) is 2.67. The third-order valence-electron chi connectivity index (χ3n) is 5.88. The smallest absolute Gasteiger partial charge is 0.276 e. The molecule has 2 heterocycles. The van der Waals surface area contributed by atoms with Crippen molar-refractivity contribution in [1.82, 2.24) is 9.62 Å². The minimum Gasteiger partial charge on any atom is -0.446 e. The lowest BCUT2D eigenvalue weighted by Gasteiger charge is -2.31. The van der Waals surface area contributed by atoms with Crippen LogP contribution >= 0.6 is 0 Å².